The third-order valence-electron chi connectivity index (χ3n) is 5.68. The fourth-order valence-corrected chi connectivity index (χ4v) is 4.27. The fraction of sp³-hybridized carbons (Fsp3) is 0.192. The Bertz CT molecular complexity index is 1380. The number of hydrogen-bond acceptors (Lipinski definition) is 5. The summed E-state index contributed by atoms with van der Waals surface area (Å²) in [5.41, 5.74) is 3.22. The number of benzene rings is 2. The van der Waals surface area contributed by atoms with Gasteiger partial charge in [0.15, 0.2) is 5.43 Å². The summed E-state index contributed by atoms with van der Waals surface area (Å²) in [7, 11) is 0. The molecule has 0 bridgehead atoms. The molecule has 160 valence electrons. The molecule has 0 unspecified atom stereocenters. The summed E-state index contributed by atoms with van der Waals surface area (Å²) in [6, 6.07) is 16.1. The SMILES string of the molecule is CCOc1cccc([C@H]2c3c(oc4ccc(C)cc4c3=O)C(=O)N2Cc2cccnc2)c1. The number of amides is 1. The molecule has 1 aliphatic heterocycles. The van der Waals surface area contributed by atoms with Crippen LogP contribution in [0.2, 0.25) is 0 Å². The van der Waals surface area contributed by atoms with Crippen LogP contribution in [0.15, 0.2) is 76.2 Å². The lowest BCUT2D eigenvalue weighted by Crippen LogP contribution is -2.29. The van der Waals surface area contributed by atoms with E-state index in [1.54, 1.807) is 23.4 Å². The smallest absolute Gasteiger partial charge is 0.291 e. The van der Waals surface area contributed by atoms with Crippen LogP contribution >= 0.6 is 0 Å². The molecule has 1 atom stereocenters. The summed E-state index contributed by atoms with van der Waals surface area (Å²) in [5, 5.41) is 0.478. The van der Waals surface area contributed by atoms with Gasteiger partial charge in [0, 0.05) is 18.9 Å². The van der Waals surface area contributed by atoms with Gasteiger partial charge in [0.1, 0.15) is 11.3 Å². The Morgan fingerprint density at radius 1 is 1.09 bits per heavy atom. The number of rotatable bonds is 5. The lowest BCUT2D eigenvalue weighted by Gasteiger charge is -2.25. The van der Waals surface area contributed by atoms with Gasteiger partial charge in [0.2, 0.25) is 5.76 Å². The summed E-state index contributed by atoms with van der Waals surface area (Å²) < 4.78 is 11.7. The van der Waals surface area contributed by atoms with Gasteiger partial charge >= 0.3 is 0 Å². The maximum absolute atomic E-state index is 13.6. The molecule has 0 spiro atoms. The van der Waals surface area contributed by atoms with Gasteiger partial charge in [0.25, 0.3) is 5.91 Å². The third-order valence-corrected chi connectivity index (χ3v) is 5.68. The first-order valence-corrected chi connectivity index (χ1v) is 10.6. The van der Waals surface area contributed by atoms with E-state index in [9.17, 15) is 9.59 Å². The Balaban J connectivity index is 1.72. The van der Waals surface area contributed by atoms with Gasteiger partial charge in [-0.1, -0.05) is 29.8 Å². The standard InChI is InChI=1S/C26H22N2O4/c1-3-31-19-8-4-7-18(13-19)23-22-24(29)20-12-16(2)9-10-21(20)32-25(22)26(30)28(23)15-17-6-5-11-27-14-17/h4-14,23H,3,15H2,1-2H3/t23-/m0/s1. The molecule has 0 saturated heterocycles. The van der Waals surface area contributed by atoms with Crippen LogP contribution in [0.5, 0.6) is 5.75 Å². The number of aryl methyl sites for hydroxylation is 1. The summed E-state index contributed by atoms with van der Waals surface area (Å²) >= 11 is 0. The van der Waals surface area contributed by atoms with E-state index in [4.69, 9.17) is 9.15 Å². The highest BCUT2D eigenvalue weighted by Gasteiger charge is 2.42. The van der Waals surface area contributed by atoms with Crippen LogP contribution in [0.4, 0.5) is 0 Å². The molecule has 0 aliphatic carbocycles. The Kier molecular flexibility index (Phi) is 4.98. The summed E-state index contributed by atoms with van der Waals surface area (Å²) in [6.07, 6.45) is 3.41. The largest absolute Gasteiger partial charge is 0.494 e. The van der Waals surface area contributed by atoms with E-state index in [0.717, 1.165) is 16.7 Å². The average molecular weight is 426 g/mol. The minimum absolute atomic E-state index is 0.0991. The predicted octanol–water partition coefficient (Wildman–Crippen LogP) is 4.64. The van der Waals surface area contributed by atoms with Crippen molar-refractivity contribution in [3.8, 4) is 5.75 Å². The second-order valence-electron chi connectivity index (χ2n) is 7.88. The second-order valence-corrected chi connectivity index (χ2v) is 7.88. The summed E-state index contributed by atoms with van der Waals surface area (Å²) in [5.74, 6) is 0.477. The van der Waals surface area contributed by atoms with Crippen molar-refractivity contribution in [2.24, 2.45) is 0 Å². The monoisotopic (exact) mass is 426 g/mol. The van der Waals surface area contributed by atoms with E-state index in [1.807, 2.05) is 62.4 Å². The zero-order chi connectivity index (χ0) is 22.2. The molecular weight excluding hydrogens is 404 g/mol. The number of nitrogens with zero attached hydrogens (tertiary/aromatic N) is 2. The zero-order valence-corrected chi connectivity index (χ0v) is 17.9. The summed E-state index contributed by atoms with van der Waals surface area (Å²) in [4.78, 5) is 33.0. The number of fused-ring (bicyclic) bond motifs is 2. The third kappa shape index (κ3) is 3.34. The van der Waals surface area contributed by atoms with Crippen molar-refractivity contribution in [3.05, 3.63) is 105 Å². The van der Waals surface area contributed by atoms with Crippen molar-refractivity contribution < 1.29 is 13.9 Å². The number of aromatic nitrogens is 1. The minimum Gasteiger partial charge on any atom is -0.494 e. The van der Waals surface area contributed by atoms with Crippen LogP contribution in [-0.2, 0) is 6.54 Å². The maximum Gasteiger partial charge on any atom is 0.291 e. The molecule has 6 nitrogen and oxygen atoms in total. The summed E-state index contributed by atoms with van der Waals surface area (Å²) in [6.45, 7) is 4.66. The van der Waals surface area contributed by atoms with Crippen LogP contribution in [-0.4, -0.2) is 22.4 Å². The highest BCUT2D eigenvalue weighted by Crippen LogP contribution is 2.40. The van der Waals surface area contributed by atoms with Crippen molar-refractivity contribution in [1.29, 1.82) is 0 Å². The molecule has 2 aromatic carbocycles. The van der Waals surface area contributed by atoms with Crippen molar-refractivity contribution in [2.75, 3.05) is 6.61 Å². The lowest BCUT2D eigenvalue weighted by molar-refractivity contribution is 0.0714. The normalized spacial score (nSPS) is 15.2. The number of hydrogen-bond donors (Lipinski definition) is 0. The fourth-order valence-electron chi connectivity index (χ4n) is 4.27. The minimum atomic E-state index is -0.584. The number of carbonyl (C=O) groups excluding carboxylic acids is 1. The average Bonchev–Trinajstić information content (AvgIpc) is 3.07. The Labute approximate surface area is 185 Å². The van der Waals surface area contributed by atoms with E-state index in [2.05, 4.69) is 4.98 Å². The molecule has 5 rings (SSSR count). The quantitative estimate of drug-likeness (QED) is 0.465. The molecule has 0 saturated carbocycles. The molecule has 0 fully saturated rings. The van der Waals surface area contributed by atoms with Gasteiger partial charge < -0.3 is 14.1 Å². The van der Waals surface area contributed by atoms with E-state index < -0.39 is 6.04 Å². The Morgan fingerprint density at radius 2 is 1.97 bits per heavy atom. The highest BCUT2D eigenvalue weighted by atomic mass is 16.5. The molecule has 1 amide bonds. The van der Waals surface area contributed by atoms with Gasteiger partial charge in [-0.25, -0.2) is 0 Å². The highest BCUT2D eigenvalue weighted by molar-refractivity contribution is 5.99. The van der Waals surface area contributed by atoms with Crippen molar-refractivity contribution in [2.45, 2.75) is 26.4 Å². The first-order valence-electron chi connectivity index (χ1n) is 10.6. The van der Waals surface area contributed by atoms with Gasteiger partial charge in [0.05, 0.1) is 23.6 Å². The van der Waals surface area contributed by atoms with E-state index in [-0.39, 0.29) is 17.1 Å². The zero-order valence-electron chi connectivity index (χ0n) is 17.9. The Morgan fingerprint density at radius 3 is 2.75 bits per heavy atom. The molecule has 0 radical (unpaired) electrons. The maximum atomic E-state index is 13.6. The van der Waals surface area contributed by atoms with Crippen LogP contribution in [0.1, 0.15) is 45.8 Å². The number of pyridine rings is 1. The number of carbonyl (C=O) groups is 1. The lowest BCUT2D eigenvalue weighted by atomic mass is 9.97. The van der Waals surface area contributed by atoms with Crippen LogP contribution in [0.3, 0.4) is 0 Å². The predicted molar refractivity (Wildman–Crippen MR) is 121 cm³/mol. The molecule has 1 aliphatic rings. The molecular formula is C26H22N2O4. The molecule has 3 heterocycles. The van der Waals surface area contributed by atoms with Gasteiger partial charge in [-0.3, -0.25) is 14.6 Å². The van der Waals surface area contributed by atoms with Crippen LogP contribution in [0, 0.1) is 6.92 Å². The first kappa shape index (κ1) is 20.0. The van der Waals surface area contributed by atoms with Crippen LogP contribution < -0.4 is 10.2 Å². The Hall–Kier alpha value is -3.93. The molecule has 6 heteroatoms. The molecule has 32 heavy (non-hydrogen) atoms. The van der Waals surface area contributed by atoms with Gasteiger partial charge in [-0.05, 0) is 55.3 Å². The van der Waals surface area contributed by atoms with Crippen molar-refractivity contribution in [1.82, 2.24) is 9.88 Å². The van der Waals surface area contributed by atoms with E-state index in [1.165, 1.54) is 0 Å². The molecule has 2 aromatic heterocycles. The van der Waals surface area contributed by atoms with Gasteiger partial charge in [-0.15, -0.1) is 0 Å². The number of ether oxygens (including phenoxy) is 1. The van der Waals surface area contributed by atoms with Crippen molar-refractivity contribution in [3.63, 3.8) is 0 Å². The van der Waals surface area contributed by atoms with Crippen LogP contribution in [0.25, 0.3) is 11.0 Å². The molecule has 4 aromatic rings. The van der Waals surface area contributed by atoms with E-state index >= 15 is 0 Å². The van der Waals surface area contributed by atoms with Gasteiger partial charge in [-0.2, -0.15) is 0 Å². The van der Waals surface area contributed by atoms with Crippen molar-refractivity contribution >= 4 is 16.9 Å². The topological polar surface area (TPSA) is 72.6 Å². The second kappa shape index (κ2) is 7.96. The first-order chi connectivity index (χ1) is 15.6. The molecule has 0 N–H and O–H groups in total. The van der Waals surface area contributed by atoms with E-state index in [0.29, 0.717) is 35.4 Å².